The molecule has 1 amide bonds. The molecule has 5 nitrogen and oxygen atoms in total. The van der Waals surface area contributed by atoms with E-state index in [1.54, 1.807) is 6.92 Å². The van der Waals surface area contributed by atoms with E-state index in [2.05, 4.69) is 5.32 Å². The van der Waals surface area contributed by atoms with Crippen LogP contribution in [-0.2, 0) is 9.53 Å². The van der Waals surface area contributed by atoms with Crippen molar-refractivity contribution in [3.8, 4) is 0 Å². The van der Waals surface area contributed by atoms with Crippen molar-refractivity contribution in [1.82, 2.24) is 5.32 Å². The zero-order chi connectivity index (χ0) is 10.6. The van der Waals surface area contributed by atoms with Crippen molar-refractivity contribution in [2.75, 3.05) is 19.8 Å². The van der Waals surface area contributed by atoms with E-state index in [0.29, 0.717) is 13.0 Å². The fraction of sp³-hybridized carbons (Fsp3) is 0.889. The summed E-state index contributed by atoms with van der Waals surface area (Å²) in [5.74, 6) is -0.256. The van der Waals surface area contributed by atoms with Crippen LogP contribution in [-0.4, -0.2) is 47.6 Å². The number of carbonyl (C=O) groups is 1. The molecule has 0 radical (unpaired) electrons. The van der Waals surface area contributed by atoms with Crippen molar-refractivity contribution in [3.63, 3.8) is 0 Å². The van der Waals surface area contributed by atoms with Gasteiger partial charge in [-0.3, -0.25) is 4.79 Å². The largest absolute Gasteiger partial charge is 0.394 e. The van der Waals surface area contributed by atoms with Gasteiger partial charge in [-0.2, -0.15) is 0 Å². The lowest BCUT2D eigenvalue weighted by Gasteiger charge is -2.27. The van der Waals surface area contributed by atoms with Gasteiger partial charge >= 0.3 is 0 Å². The summed E-state index contributed by atoms with van der Waals surface area (Å²) in [5, 5.41) is 20.5. The zero-order valence-corrected chi connectivity index (χ0v) is 8.32. The molecule has 5 heteroatoms. The highest BCUT2D eigenvalue weighted by Crippen LogP contribution is 2.13. The highest BCUT2D eigenvalue weighted by molar-refractivity contribution is 5.81. The second kappa shape index (κ2) is 4.72. The van der Waals surface area contributed by atoms with E-state index in [1.807, 2.05) is 0 Å². The zero-order valence-electron chi connectivity index (χ0n) is 8.32. The summed E-state index contributed by atoms with van der Waals surface area (Å²) in [4.78, 5) is 11.5. The highest BCUT2D eigenvalue weighted by atomic mass is 16.5. The molecule has 14 heavy (non-hydrogen) atoms. The molecular weight excluding hydrogens is 186 g/mol. The van der Waals surface area contributed by atoms with E-state index in [4.69, 9.17) is 14.9 Å². The van der Waals surface area contributed by atoms with E-state index in [9.17, 15) is 4.79 Å². The average Bonchev–Trinajstić information content (AvgIpc) is 2.70. The van der Waals surface area contributed by atoms with Crippen LogP contribution in [0.4, 0.5) is 0 Å². The molecule has 0 aromatic carbocycles. The van der Waals surface area contributed by atoms with Crippen molar-refractivity contribution in [3.05, 3.63) is 0 Å². The monoisotopic (exact) mass is 203 g/mol. The highest BCUT2D eigenvalue weighted by Gasteiger charge is 2.30. The molecule has 0 aliphatic carbocycles. The number of ether oxygens (including phenoxy) is 1. The van der Waals surface area contributed by atoms with Crippen LogP contribution in [0.3, 0.4) is 0 Å². The van der Waals surface area contributed by atoms with Gasteiger partial charge in [-0.05, 0) is 19.8 Å². The molecule has 0 spiro atoms. The maximum absolute atomic E-state index is 11.5. The van der Waals surface area contributed by atoms with Gasteiger partial charge in [0.15, 0.2) is 0 Å². The van der Waals surface area contributed by atoms with E-state index >= 15 is 0 Å². The summed E-state index contributed by atoms with van der Waals surface area (Å²) >= 11 is 0. The molecule has 82 valence electrons. The van der Waals surface area contributed by atoms with Crippen molar-refractivity contribution >= 4 is 5.91 Å². The first kappa shape index (κ1) is 11.4. The Hall–Kier alpha value is -0.650. The maximum atomic E-state index is 11.5. The topological polar surface area (TPSA) is 78.8 Å². The third kappa shape index (κ3) is 2.67. The number of hydrogen-bond donors (Lipinski definition) is 3. The van der Waals surface area contributed by atoms with Crippen molar-refractivity contribution in [2.45, 2.75) is 31.4 Å². The summed E-state index contributed by atoms with van der Waals surface area (Å²) in [6.07, 6.45) is 1.17. The Morgan fingerprint density at radius 1 is 1.57 bits per heavy atom. The van der Waals surface area contributed by atoms with Crippen LogP contribution >= 0.6 is 0 Å². The van der Waals surface area contributed by atoms with E-state index in [0.717, 1.165) is 6.42 Å². The van der Waals surface area contributed by atoms with Crippen molar-refractivity contribution in [1.29, 1.82) is 0 Å². The van der Waals surface area contributed by atoms with E-state index < -0.39 is 11.6 Å². The van der Waals surface area contributed by atoms with Gasteiger partial charge in [0.05, 0.1) is 18.8 Å². The Balaban J connectivity index is 2.45. The van der Waals surface area contributed by atoms with Crippen LogP contribution < -0.4 is 5.32 Å². The molecule has 0 unspecified atom stereocenters. The minimum atomic E-state index is -0.955. The standard InChI is InChI=1S/C9H17NO4/c1-9(5-11,6-12)10-8(13)7-3-2-4-14-7/h7,11-12H,2-6H2,1H3,(H,10,13)/t7-/m0/s1. The lowest BCUT2D eigenvalue weighted by molar-refractivity contribution is -0.133. The van der Waals surface area contributed by atoms with Crippen molar-refractivity contribution in [2.24, 2.45) is 0 Å². The Kier molecular flexibility index (Phi) is 3.86. The summed E-state index contributed by atoms with van der Waals surface area (Å²) in [7, 11) is 0. The van der Waals surface area contributed by atoms with Gasteiger partial charge in [0.25, 0.3) is 0 Å². The molecule has 1 fully saturated rings. The number of aliphatic hydroxyl groups is 2. The van der Waals surface area contributed by atoms with E-state index in [1.165, 1.54) is 0 Å². The molecule has 3 N–H and O–H groups in total. The van der Waals surface area contributed by atoms with Crippen LogP contribution in [0.15, 0.2) is 0 Å². The maximum Gasteiger partial charge on any atom is 0.249 e. The Morgan fingerprint density at radius 3 is 2.64 bits per heavy atom. The second-order valence-corrected chi connectivity index (χ2v) is 3.87. The normalized spacial score (nSPS) is 22.4. The lowest BCUT2D eigenvalue weighted by Crippen LogP contribution is -2.54. The summed E-state index contributed by atoms with van der Waals surface area (Å²) < 4.78 is 5.17. The summed E-state index contributed by atoms with van der Waals surface area (Å²) in [5.41, 5.74) is -0.955. The van der Waals surface area contributed by atoms with Crippen molar-refractivity contribution < 1.29 is 19.7 Å². The average molecular weight is 203 g/mol. The van der Waals surface area contributed by atoms with Gasteiger partial charge in [0.2, 0.25) is 5.91 Å². The minimum Gasteiger partial charge on any atom is -0.394 e. The molecule has 1 aliphatic rings. The Morgan fingerprint density at radius 2 is 2.21 bits per heavy atom. The first-order valence-electron chi connectivity index (χ1n) is 4.76. The number of hydrogen-bond acceptors (Lipinski definition) is 4. The van der Waals surface area contributed by atoms with Gasteiger partial charge in [-0.1, -0.05) is 0 Å². The number of carbonyl (C=O) groups excluding carboxylic acids is 1. The number of amides is 1. The molecule has 0 aromatic heterocycles. The van der Waals surface area contributed by atoms with Gasteiger partial charge in [-0.15, -0.1) is 0 Å². The van der Waals surface area contributed by atoms with Crippen LogP contribution in [0, 0.1) is 0 Å². The first-order chi connectivity index (χ1) is 6.61. The molecule has 1 atom stereocenters. The Bertz CT molecular complexity index is 197. The van der Waals surface area contributed by atoms with Gasteiger partial charge in [0, 0.05) is 6.61 Å². The van der Waals surface area contributed by atoms with Crippen LogP contribution in [0.2, 0.25) is 0 Å². The van der Waals surface area contributed by atoms with Crippen LogP contribution in [0.5, 0.6) is 0 Å². The molecule has 1 aliphatic heterocycles. The number of nitrogens with one attached hydrogen (secondary N) is 1. The third-order valence-corrected chi connectivity index (χ3v) is 2.35. The van der Waals surface area contributed by atoms with Crippen LogP contribution in [0.1, 0.15) is 19.8 Å². The molecule has 0 bridgehead atoms. The smallest absolute Gasteiger partial charge is 0.249 e. The SMILES string of the molecule is CC(CO)(CO)NC(=O)[C@@H]1CCCO1. The quantitative estimate of drug-likeness (QED) is 0.549. The third-order valence-electron chi connectivity index (χ3n) is 2.35. The molecule has 1 saturated heterocycles. The molecule has 0 saturated carbocycles. The van der Waals surface area contributed by atoms with E-state index in [-0.39, 0.29) is 19.1 Å². The second-order valence-electron chi connectivity index (χ2n) is 3.87. The number of rotatable bonds is 4. The van der Waals surface area contributed by atoms with Gasteiger partial charge in [-0.25, -0.2) is 0 Å². The summed E-state index contributed by atoms with van der Waals surface area (Å²) in [6.45, 7) is 1.61. The van der Waals surface area contributed by atoms with Gasteiger partial charge in [0.1, 0.15) is 6.10 Å². The van der Waals surface area contributed by atoms with Crippen LogP contribution in [0.25, 0.3) is 0 Å². The fourth-order valence-corrected chi connectivity index (χ4v) is 1.29. The Labute approximate surface area is 83.1 Å². The lowest BCUT2D eigenvalue weighted by atomic mass is 10.0. The molecular formula is C9H17NO4. The fourth-order valence-electron chi connectivity index (χ4n) is 1.29. The minimum absolute atomic E-state index is 0.256. The predicted octanol–water partition coefficient (Wildman–Crippen LogP) is -0.975. The molecule has 0 aromatic rings. The summed E-state index contributed by atoms with van der Waals surface area (Å²) in [6, 6.07) is 0. The predicted molar refractivity (Wildman–Crippen MR) is 49.7 cm³/mol. The first-order valence-corrected chi connectivity index (χ1v) is 4.76. The number of aliphatic hydroxyl groups excluding tert-OH is 2. The van der Waals surface area contributed by atoms with Gasteiger partial charge < -0.3 is 20.3 Å². The molecule has 1 rings (SSSR count). The molecule has 1 heterocycles.